The highest BCUT2D eigenvalue weighted by molar-refractivity contribution is 7.91. The van der Waals surface area contributed by atoms with E-state index in [0.29, 0.717) is 44.0 Å². The molecule has 29 heavy (non-hydrogen) atoms. The Morgan fingerprint density at radius 3 is 2.45 bits per heavy atom. The van der Waals surface area contributed by atoms with Gasteiger partial charge in [-0.1, -0.05) is 12.1 Å². The number of aromatic amines is 1. The van der Waals surface area contributed by atoms with Gasteiger partial charge in [-0.05, 0) is 30.3 Å². The molecule has 0 spiro atoms. The van der Waals surface area contributed by atoms with E-state index in [2.05, 4.69) is 15.0 Å². The zero-order valence-corrected chi connectivity index (χ0v) is 16.9. The predicted octanol–water partition coefficient (Wildman–Crippen LogP) is 3.82. The van der Waals surface area contributed by atoms with Gasteiger partial charge < -0.3 is 18.8 Å². The number of rotatable bonds is 6. The third-order valence-electron chi connectivity index (χ3n) is 4.49. The minimum absolute atomic E-state index is 0.304. The number of imidazole rings is 1. The van der Waals surface area contributed by atoms with Gasteiger partial charge in [-0.25, -0.2) is 0 Å². The molecule has 148 valence electrons. The maximum atomic E-state index is 13.4. The molecule has 2 aromatic heterocycles. The molecule has 1 N–H and O–H groups in total. The van der Waals surface area contributed by atoms with Gasteiger partial charge in [0.05, 0.1) is 43.8 Å². The molecule has 4 aromatic rings. The Balaban J connectivity index is 1.82. The summed E-state index contributed by atoms with van der Waals surface area (Å²) in [4.78, 5) is 12.7. The number of nitrogens with one attached hydrogen (secondary N) is 1. The Hall–Kier alpha value is -3.23. The first kappa shape index (κ1) is 19.1. The molecule has 2 aromatic carbocycles. The number of H-pyrrole nitrogens is 1. The lowest BCUT2D eigenvalue weighted by Crippen LogP contribution is -2.06. The quantitative estimate of drug-likeness (QED) is 0.487. The second-order valence-electron chi connectivity index (χ2n) is 6.08. The number of hydrogen-bond acceptors (Lipinski definition) is 6. The summed E-state index contributed by atoms with van der Waals surface area (Å²) in [5.74, 6) is 1.84. The van der Waals surface area contributed by atoms with Crippen LogP contribution in [0, 0.1) is 0 Å². The molecule has 4 rings (SSSR count). The Kier molecular flexibility index (Phi) is 5.28. The molecule has 0 aliphatic heterocycles. The highest BCUT2D eigenvalue weighted by Crippen LogP contribution is 2.35. The van der Waals surface area contributed by atoms with Crippen LogP contribution >= 0.6 is 0 Å². The van der Waals surface area contributed by atoms with Gasteiger partial charge in [0, 0.05) is 12.3 Å². The molecule has 2 heterocycles. The summed E-state index contributed by atoms with van der Waals surface area (Å²) in [6.07, 6.45) is 1.66. The number of ether oxygens (including phenoxy) is 3. The first-order valence-corrected chi connectivity index (χ1v) is 9.93. The standard InChI is InChI=1S/C21H19N3O4S/c1-26-13-10-11-22-15(12-13)14-6-4-5-7-18(14)29(25)21-23-19-16(27-2)8-9-17(28-3)20(19)24-21/h4-12H,1-3H3,(H,23,24). The second kappa shape index (κ2) is 8.02. The fraction of sp³-hybridized carbons (Fsp3) is 0.143. The number of hydrogen-bond donors (Lipinski definition) is 1. The average molecular weight is 409 g/mol. The minimum Gasteiger partial charge on any atom is -0.604 e. The maximum Gasteiger partial charge on any atom is 0.327 e. The van der Waals surface area contributed by atoms with Crippen LogP contribution < -0.4 is 14.2 Å². The van der Waals surface area contributed by atoms with Crippen LogP contribution in [0.5, 0.6) is 17.2 Å². The predicted molar refractivity (Wildman–Crippen MR) is 110 cm³/mol. The molecule has 0 saturated heterocycles. The first-order chi connectivity index (χ1) is 14.2. The Labute approximate surface area is 170 Å². The van der Waals surface area contributed by atoms with Crippen molar-refractivity contribution in [3.05, 3.63) is 54.7 Å². The van der Waals surface area contributed by atoms with Crippen molar-refractivity contribution in [1.29, 1.82) is 0 Å². The summed E-state index contributed by atoms with van der Waals surface area (Å²) in [5.41, 5.74) is 2.60. The molecule has 0 aliphatic carbocycles. The number of aromatic nitrogens is 3. The van der Waals surface area contributed by atoms with Gasteiger partial charge in [-0.2, -0.15) is 4.98 Å². The van der Waals surface area contributed by atoms with Crippen molar-refractivity contribution in [2.24, 2.45) is 0 Å². The van der Waals surface area contributed by atoms with Crippen molar-refractivity contribution < 1.29 is 18.8 Å². The van der Waals surface area contributed by atoms with E-state index >= 15 is 0 Å². The first-order valence-electron chi connectivity index (χ1n) is 8.78. The van der Waals surface area contributed by atoms with Crippen LogP contribution in [0.1, 0.15) is 0 Å². The largest absolute Gasteiger partial charge is 0.604 e. The molecule has 0 saturated carbocycles. The lowest BCUT2D eigenvalue weighted by Gasteiger charge is -2.11. The number of benzene rings is 2. The molecule has 8 heteroatoms. The van der Waals surface area contributed by atoms with E-state index in [1.54, 1.807) is 57.9 Å². The monoisotopic (exact) mass is 409 g/mol. The zero-order chi connectivity index (χ0) is 20.4. The second-order valence-corrected chi connectivity index (χ2v) is 7.45. The molecule has 7 nitrogen and oxygen atoms in total. The number of nitrogens with zero attached hydrogens (tertiary/aromatic N) is 2. The third-order valence-corrected chi connectivity index (χ3v) is 5.79. The van der Waals surface area contributed by atoms with Gasteiger partial charge in [0.1, 0.15) is 28.3 Å². The number of fused-ring (bicyclic) bond motifs is 1. The Morgan fingerprint density at radius 2 is 1.69 bits per heavy atom. The molecule has 0 fully saturated rings. The van der Waals surface area contributed by atoms with E-state index in [4.69, 9.17) is 14.2 Å². The van der Waals surface area contributed by atoms with Crippen LogP contribution in [0.3, 0.4) is 0 Å². The Morgan fingerprint density at radius 1 is 0.931 bits per heavy atom. The van der Waals surface area contributed by atoms with Crippen molar-refractivity contribution >= 4 is 22.2 Å². The third kappa shape index (κ3) is 3.48. The lowest BCUT2D eigenvalue weighted by atomic mass is 10.1. The summed E-state index contributed by atoms with van der Waals surface area (Å²) < 4.78 is 29.5. The molecule has 1 unspecified atom stereocenters. The lowest BCUT2D eigenvalue weighted by molar-refractivity contribution is 0.409. The summed E-state index contributed by atoms with van der Waals surface area (Å²) in [6, 6.07) is 14.5. The van der Waals surface area contributed by atoms with Crippen molar-refractivity contribution in [3.8, 4) is 28.5 Å². The molecule has 1 atom stereocenters. The van der Waals surface area contributed by atoms with E-state index in [9.17, 15) is 4.55 Å². The van der Waals surface area contributed by atoms with Gasteiger partial charge in [-0.3, -0.25) is 9.97 Å². The zero-order valence-electron chi connectivity index (χ0n) is 16.1. The number of methoxy groups -OCH3 is 3. The average Bonchev–Trinajstić information content (AvgIpc) is 3.23. The van der Waals surface area contributed by atoms with E-state index in [0.717, 1.165) is 5.56 Å². The minimum atomic E-state index is -1.58. The summed E-state index contributed by atoms with van der Waals surface area (Å²) in [6.45, 7) is 0. The topological polar surface area (TPSA) is 92.3 Å². The molecular weight excluding hydrogens is 390 g/mol. The molecule has 0 radical (unpaired) electrons. The van der Waals surface area contributed by atoms with Crippen LogP contribution in [-0.2, 0) is 11.2 Å². The smallest absolute Gasteiger partial charge is 0.327 e. The van der Waals surface area contributed by atoms with Crippen molar-refractivity contribution in [1.82, 2.24) is 15.0 Å². The highest BCUT2D eigenvalue weighted by atomic mass is 32.2. The van der Waals surface area contributed by atoms with Crippen LogP contribution in [0.4, 0.5) is 0 Å². The Bertz CT molecular complexity index is 1120. The van der Waals surface area contributed by atoms with Gasteiger partial charge >= 0.3 is 5.16 Å². The van der Waals surface area contributed by atoms with Crippen molar-refractivity contribution in [2.75, 3.05) is 21.3 Å². The fourth-order valence-electron chi connectivity index (χ4n) is 3.07. The van der Waals surface area contributed by atoms with E-state index in [-0.39, 0.29) is 0 Å². The highest BCUT2D eigenvalue weighted by Gasteiger charge is 2.26. The normalized spacial score (nSPS) is 12.0. The van der Waals surface area contributed by atoms with Gasteiger partial charge in [-0.15, -0.1) is 0 Å². The summed E-state index contributed by atoms with van der Waals surface area (Å²) in [7, 11) is 4.73. The van der Waals surface area contributed by atoms with Gasteiger partial charge in [0.25, 0.3) is 0 Å². The van der Waals surface area contributed by atoms with Crippen LogP contribution in [0.2, 0.25) is 0 Å². The fourth-order valence-corrected chi connectivity index (χ4v) is 4.23. The van der Waals surface area contributed by atoms with E-state index < -0.39 is 11.2 Å². The number of pyridine rings is 1. The SMILES string of the molecule is COc1ccnc(-c2ccccc2[S+]([O-])c2nc3c(OC)ccc(OC)c3[nH]2)c1. The summed E-state index contributed by atoms with van der Waals surface area (Å²) in [5, 5.41) is 0.304. The maximum absolute atomic E-state index is 13.4. The molecule has 0 bridgehead atoms. The molecular formula is C21H19N3O4S. The molecule has 0 aliphatic rings. The van der Waals surface area contributed by atoms with Crippen LogP contribution in [0.25, 0.3) is 22.3 Å². The summed E-state index contributed by atoms with van der Waals surface area (Å²) >= 11 is -1.58. The van der Waals surface area contributed by atoms with Gasteiger partial charge in [0.2, 0.25) is 0 Å². The van der Waals surface area contributed by atoms with E-state index in [1.165, 1.54) is 0 Å². The molecule has 0 amide bonds. The van der Waals surface area contributed by atoms with Crippen LogP contribution in [0.15, 0.2) is 64.8 Å². The van der Waals surface area contributed by atoms with Gasteiger partial charge in [0.15, 0.2) is 4.90 Å². The van der Waals surface area contributed by atoms with Crippen LogP contribution in [-0.4, -0.2) is 40.8 Å². The van der Waals surface area contributed by atoms with Crippen molar-refractivity contribution in [3.63, 3.8) is 0 Å². The van der Waals surface area contributed by atoms with E-state index in [1.807, 2.05) is 18.2 Å². The van der Waals surface area contributed by atoms with Crippen molar-refractivity contribution in [2.45, 2.75) is 10.1 Å².